The Morgan fingerprint density at radius 1 is 1.09 bits per heavy atom. The Balaban J connectivity index is 1.89. The summed E-state index contributed by atoms with van der Waals surface area (Å²) in [5.41, 5.74) is 0.373. The van der Waals surface area contributed by atoms with E-state index in [1.54, 1.807) is 39.0 Å². The first kappa shape index (κ1) is 25.2. The van der Waals surface area contributed by atoms with E-state index in [0.29, 0.717) is 5.56 Å². The predicted octanol–water partition coefficient (Wildman–Crippen LogP) is 3.32. The maximum atomic E-state index is 12.8. The molecule has 3 N–H and O–H groups in total. The number of rotatable bonds is 9. The second-order valence-corrected chi connectivity index (χ2v) is 7.75. The van der Waals surface area contributed by atoms with Gasteiger partial charge in [0, 0.05) is 12.1 Å². The minimum Gasteiger partial charge on any atom is -0.491 e. The fourth-order valence-electron chi connectivity index (χ4n) is 2.92. The van der Waals surface area contributed by atoms with Crippen LogP contribution in [0.1, 0.15) is 35.3 Å². The van der Waals surface area contributed by atoms with Crippen molar-refractivity contribution in [1.82, 2.24) is 10.6 Å². The third kappa shape index (κ3) is 7.26. The van der Waals surface area contributed by atoms with E-state index in [1.807, 2.05) is 6.07 Å². The van der Waals surface area contributed by atoms with Gasteiger partial charge in [-0.3, -0.25) is 9.59 Å². The summed E-state index contributed by atoms with van der Waals surface area (Å²) in [6, 6.07) is 10.5. The number of carbonyl (C=O) groups is 2. The number of aliphatic hydroxyl groups is 1. The van der Waals surface area contributed by atoms with Gasteiger partial charge in [0.05, 0.1) is 5.56 Å². The first-order chi connectivity index (χ1) is 15.0. The summed E-state index contributed by atoms with van der Waals surface area (Å²) in [6.07, 6.45) is -5.66. The molecule has 0 radical (unpaired) electrons. The average Bonchev–Trinajstić information content (AvgIpc) is 2.74. The maximum absolute atomic E-state index is 12.8. The SMILES string of the molecule is Cc1ccccc1C(=O)NC(C(=O)NCC(O)COc1cccc(C(F)(F)F)c1)C(C)C. The lowest BCUT2D eigenvalue weighted by molar-refractivity contribution is -0.137. The molecule has 0 aliphatic carbocycles. The Morgan fingerprint density at radius 3 is 2.41 bits per heavy atom. The molecular weight excluding hydrogens is 425 g/mol. The molecule has 0 aromatic heterocycles. The highest BCUT2D eigenvalue weighted by Gasteiger charge is 2.30. The van der Waals surface area contributed by atoms with Crippen molar-refractivity contribution in [2.45, 2.75) is 39.1 Å². The lowest BCUT2D eigenvalue weighted by atomic mass is 10.0. The number of amides is 2. The van der Waals surface area contributed by atoms with Gasteiger partial charge in [0.1, 0.15) is 24.5 Å². The van der Waals surface area contributed by atoms with E-state index < -0.39 is 29.8 Å². The molecule has 9 heteroatoms. The molecule has 0 fully saturated rings. The third-order valence-corrected chi connectivity index (χ3v) is 4.74. The molecule has 2 aromatic carbocycles. The monoisotopic (exact) mass is 452 g/mol. The number of carbonyl (C=O) groups excluding carboxylic acids is 2. The van der Waals surface area contributed by atoms with Crippen molar-refractivity contribution in [2.75, 3.05) is 13.2 Å². The lowest BCUT2D eigenvalue weighted by Crippen LogP contribution is -2.51. The van der Waals surface area contributed by atoms with Gasteiger partial charge in [-0.25, -0.2) is 0 Å². The molecule has 0 aliphatic rings. The standard InChI is InChI=1S/C23H27F3N2O4/c1-14(2)20(28-21(30)19-10-5-4-7-15(19)3)22(31)27-12-17(29)13-32-18-9-6-8-16(11-18)23(24,25)26/h4-11,14,17,20,29H,12-13H2,1-3H3,(H,27,31)(H,28,30). The smallest absolute Gasteiger partial charge is 0.416 e. The van der Waals surface area contributed by atoms with Crippen molar-refractivity contribution in [1.29, 1.82) is 0 Å². The molecule has 0 saturated carbocycles. The molecule has 2 atom stereocenters. The lowest BCUT2D eigenvalue weighted by Gasteiger charge is -2.23. The van der Waals surface area contributed by atoms with Gasteiger partial charge in [-0.15, -0.1) is 0 Å². The van der Waals surface area contributed by atoms with Gasteiger partial charge in [0.15, 0.2) is 0 Å². The maximum Gasteiger partial charge on any atom is 0.416 e. The minimum absolute atomic E-state index is 0.0456. The summed E-state index contributed by atoms with van der Waals surface area (Å²) < 4.78 is 43.5. The molecule has 32 heavy (non-hydrogen) atoms. The number of nitrogens with one attached hydrogen (secondary N) is 2. The Labute approximate surface area is 184 Å². The molecule has 0 spiro atoms. The van der Waals surface area contributed by atoms with E-state index in [9.17, 15) is 27.9 Å². The number of halogens is 3. The highest BCUT2D eigenvalue weighted by atomic mass is 19.4. The van der Waals surface area contributed by atoms with Gasteiger partial charge in [-0.2, -0.15) is 13.2 Å². The average molecular weight is 452 g/mol. The summed E-state index contributed by atoms with van der Waals surface area (Å²) in [6.45, 7) is 4.83. The summed E-state index contributed by atoms with van der Waals surface area (Å²) >= 11 is 0. The molecule has 0 heterocycles. The van der Waals surface area contributed by atoms with Crippen molar-refractivity contribution in [3.63, 3.8) is 0 Å². The second-order valence-electron chi connectivity index (χ2n) is 7.75. The van der Waals surface area contributed by atoms with Crippen LogP contribution in [0, 0.1) is 12.8 Å². The number of hydrogen-bond donors (Lipinski definition) is 3. The number of hydrogen-bond acceptors (Lipinski definition) is 4. The normalized spacial score (nSPS) is 13.4. The number of aryl methyl sites for hydroxylation is 1. The van der Waals surface area contributed by atoms with Crippen LogP contribution in [0.15, 0.2) is 48.5 Å². The highest BCUT2D eigenvalue weighted by Crippen LogP contribution is 2.31. The van der Waals surface area contributed by atoms with Crippen LogP contribution in [0.5, 0.6) is 5.75 Å². The van der Waals surface area contributed by atoms with Gasteiger partial charge in [-0.05, 0) is 42.7 Å². The van der Waals surface area contributed by atoms with Crippen LogP contribution >= 0.6 is 0 Å². The van der Waals surface area contributed by atoms with Crippen molar-refractivity contribution in [3.8, 4) is 5.75 Å². The Bertz CT molecular complexity index is 931. The summed E-state index contributed by atoms with van der Waals surface area (Å²) in [5, 5.41) is 15.3. The highest BCUT2D eigenvalue weighted by molar-refractivity contribution is 5.98. The van der Waals surface area contributed by atoms with Crippen LogP contribution in [0.3, 0.4) is 0 Å². The van der Waals surface area contributed by atoms with E-state index in [4.69, 9.17) is 4.74 Å². The van der Waals surface area contributed by atoms with Crippen LogP contribution in [0.4, 0.5) is 13.2 Å². The van der Waals surface area contributed by atoms with Gasteiger partial charge < -0.3 is 20.5 Å². The van der Waals surface area contributed by atoms with Crippen LogP contribution in [0.25, 0.3) is 0 Å². The van der Waals surface area contributed by atoms with Gasteiger partial charge in [0.25, 0.3) is 5.91 Å². The van der Waals surface area contributed by atoms with Gasteiger partial charge in [0.2, 0.25) is 5.91 Å². The van der Waals surface area contributed by atoms with Crippen molar-refractivity contribution >= 4 is 11.8 Å². The van der Waals surface area contributed by atoms with Crippen molar-refractivity contribution in [2.24, 2.45) is 5.92 Å². The molecule has 0 aliphatic heterocycles. The van der Waals surface area contributed by atoms with Gasteiger partial charge in [-0.1, -0.05) is 38.1 Å². The molecule has 2 rings (SSSR count). The fourth-order valence-corrected chi connectivity index (χ4v) is 2.92. The van der Waals surface area contributed by atoms with Crippen LogP contribution < -0.4 is 15.4 Å². The molecule has 2 amide bonds. The number of alkyl halides is 3. The third-order valence-electron chi connectivity index (χ3n) is 4.74. The molecule has 0 saturated heterocycles. The Morgan fingerprint density at radius 2 is 1.78 bits per heavy atom. The molecule has 2 aromatic rings. The summed E-state index contributed by atoms with van der Waals surface area (Å²) in [7, 11) is 0. The van der Waals surface area contributed by atoms with Crippen LogP contribution in [-0.2, 0) is 11.0 Å². The zero-order chi connectivity index (χ0) is 23.9. The van der Waals surface area contributed by atoms with Crippen molar-refractivity contribution in [3.05, 3.63) is 65.2 Å². The first-order valence-corrected chi connectivity index (χ1v) is 10.1. The van der Waals surface area contributed by atoms with Crippen LogP contribution in [0.2, 0.25) is 0 Å². The summed E-state index contributed by atoms with van der Waals surface area (Å²) in [5.74, 6) is -1.14. The molecule has 2 unspecified atom stereocenters. The second kappa shape index (κ2) is 11.0. The van der Waals surface area contributed by atoms with Gasteiger partial charge >= 0.3 is 6.18 Å². The first-order valence-electron chi connectivity index (χ1n) is 10.1. The minimum atomic E-state index is -4.50. The molecule has 174 valence electrons. The van der Waals surface area contributed by atoms with E-state index in [2.05, 4.69) is 10.6 Å². The Hall–Kier alpha value is -3.07. The predicted molar refractivity (Wildman–Crippen MR) is 113 cm³/mol. The van der Waals surface area contributed by atoms with Crippen LogP contribution in [-0.4, -0.2) is 42.2 Å². The molecule has 6 nitrogen and oxygen atoms in total. The molecule has 0 bridgehead atoms. The van der Waals surface area contributed by atoms with E-state index in [0.717, 1.165) is 17.7 Å². The summed E-state index contributed by atoms with van der Waals surface area (Å²) in [4.78, 5) is 25.1. The zero-order valence-corrected chi connectivity index (χ0v) is 18.1. The van der Waals surface area contributed by atoms with Crippen molar-refractivity contribution < 1.29 is 32.6 Å². The van der Waals surface area contributed by atoms with E-state index in [1.165, 1.54) is 12.1 Å². The number of aliphatic hydroxyl groups excluding tert-OH is 1. The topological polar surface area (TPSA) is 87.7 Å². The fraction of sp³-hybridized carbons (Fsp3) is 0.391. The zero-order valence-electron chi connectivity index (χ0n) is 18.1. The molecular formula is C23H27F3N2O4. The quantitative estimate of drug-likeness (QED) is 0.545. The largest absolute Gasteiger partial charge is 0.491 e. The van der Waals surface area contributed by atoms with E-state index >= 15 is 0 Å². The number of benzene rings is 2. The number of ether oxygens (including phenoxy) is 1. The van der Waals surface area contributed by atoms with E-state index in [-0.39, 0.29) is 30.7 Å². The Kier molecular flexibility index (Phi) is 8.65.